The molecule has 0 spiro atoms. The molecule has 0 radical (unpaired) electrons. The van der Waals surface area contributed by atoms with Gasteiger partial charge >= 0.3 is 0 Å². The van der Waals surface area contributed by atoms with Gasteiger partial charge in [-0.05, 0) is 18.9 Å². The maximum atomic E-state index is 10.8. The number of non-ortho nitro benzene ring substituents is 1. The van der Waals surface area contributed by atoms with Gasteiger partial charge in [-0.2, -0.15) is 0 Å². The number of nitro benzene ring substituents is 1. The molecule has 0 heterocycles. The van der Waals surface area contributed by atoms with E-state index in [1.165, 1.54) is 44.6 Å². The maximum Gasteiger partial charge on any atom is 0.271 e. The summed E-state index contributed by atoms with van der Waals surface area (Å²) in [6.45, 7) is 4.42. The number of nitrogens with one attached hydrogen (secondary N) is 1. The molecule has 0 bridgehead atoms. The summed E-state index contributed by atoms with van der Waals surface area (Å²) in [5.41, 5.74) is 1.02. The van der Waals surface area contributed by atoms with Gasteiger partial charge in [0.1, 0.15) is 0 Å². The summed E-state index contributed by atoms with van der Waals surface area (Å²) in [4.78, 5) is 10.5. The molecule has 0 amide bonds. The summed E-state index contributed by atoms with van der Waals surface area (Å²) in [5.74, 6) is 0. The first-order chi connectivity index (χ1) is 10.2. The Morgan fingerprint density at radius 2 is 1.71 bits per heavy atom. The zero-order valence-corrected chi connectivity index (χ0v) is 13.3. The minimum absolute atomic E-state index is 0.154. The van der Waals surface area contributed by atoms with E-state index in [9.17, 15) is 10.1 Å². The van der Waals surface area contributed by atoms with E-state index in [1.807, 2.05) is 6.07 Å². The lowest BCUT2D eigenvalue weighted by molar-refractivity contribution is -0.384. The zero-order chi connectivity index (χ0) is 15.5. The van der Waals surface area contributed by atoms with Gasteiger partial charge < -0.3 is 5.32 Å². The Hall–Kier alpha value is -1.58. The molecule has 0 atom stereocenters. The van der Waals surface area contributed by atoms with Crippen LogP contribution in [0, 0.1) is 10.1 Å². The van der Waals surface area contributed by atoms with Crippen molar-refractivity contribution in [2.24, 2.45) is 0 Å². The summed E-state index contributed by atoms with van der Waals surface area (Å²) < 4.78 is 0. The van der Waals surface area contributed by atoms with E-state index in [4.69, 9.17) is 0 Å². The molecule has 118 valence electrons. The van der Waals surface area contributed by atoms with E-state index in [0.29, 0.717) is 6.04 Å². The lowest BCUT2D eigenvalue weighted by atomic mass is 10.0. The number of unbranched alkanes of at least 4 members (excludes halogenated alkanes) is 4. The van der Waals surface area contributed by atoms with Gasteiger partial charge in [0.2, 0.25) is 0 Å². The fraction of sp³-hybridized carbons (Fsp3) is 0.647. The molecule has 1 rings (SSSR count). The highest BCUT2D eigenvalue weighted by atomic mass is 16.6. The van der Waals surface area contributed by atoms with Crippen LogP contribution in [0.4, 0.5) is 11.4 Å². The molecule has 1 aromatic carbocycles. The van der Waals surface area contributed by atoms with Gasteiger partial charge in [-0.25, -0.2) is 0 Å². The molecule has 0 unspecified atom stereocenters. The van der Waals surface area contributed by atoms with E-state index in [0.717, 1.165) is 18.5 Å². The van der Waals surface area contributed by atoms with E-state index >= 15 is 0 Å². The second-order valence-corrected chi connectivity index (χ2v) is 5.64. The number of hydrogen-bond acceptors (Lipinski definition) is 3. The highest BCUT2D eigenvalue weighted by Gasteiger charge is 2.11. The first kappa shape index (κ1) is 17.5. The standard InChI is InChI=1S/C17H28N2O2/c1-3-5-7-10-15(11-8-6-4-2)18-16-12-9-13-17(14-16)19(20)21/h9,12-15,18H,3-8,10-11H2,1-2H3. The molecule has 4 nitrogen and oxygen atoms in total. The summed E-state index contributed by atoms with van der Waals surface area (Å²) >= 11 is 0. The summed E-state index contributed by atoms with van der Waals surface area (Å²) in [6.07, 6.45) is 9.66. The van der Waals surface area contributed by atoms with Crippen molar-refractivity contribution >= 4 is 11.4 Å². The Labute approximate surface area is 128 Å². The quantitative estimate of drug-likeness (QED) is 0.331. The molecule has 0 saturated heterocycles. The summed E-state index contributed by atoms with van der Waals surface area (Å²) in [6, 6.07) is 7.25. The normalized spacial score (nSPS) is 10.8. The van der Waals surface area contributed by atoms with Gasteiger partial charge in [-0.3, -0.25) is 10.1 Å². The van der Waals surface area contributed by atoms with Crippen molar-refractivity contribution in [3.8, 4) is 0 Å². The molecule has 0 aromatic heterocycles. The molecule has 21 heavy (non-hydrogen) atoms. The second-order valence-electron chi connectivity index (χ2n) is 5.64. The van der Waals surface area contributed by atoms with E-state index in [-0.39, 0.29) is 10.6 Å². The number of benzene rings is 1. The summed E-state index contributed by atoms with van der Waals surface area (Å²) in [5, 5.41) is 14.3. The van der Waals surface area contributed by atoms with Crippen LogP contribution in [0.25, 0.3) is 0 Å². The Morgan fingerprint density at radius 1 is 1.10 bits per heavy atom. The fourth-order valence-electron chi connectivity index (χ4n) is 2.52. The van der Waals surface area contributed by atoms with Gasteiger partial charge in [-0.15, -0.1) is 0 Å². The number of rotatable bonds is 11. The van der Waals surface area contributed by atoms with Crippen molar-refractivity contribution in [3.63, 3.8) is 0 Å². The van der Waals surface area contributed by atoms with Crippen molar-refractivity contribution in [1.82, 2.24) is 0 Å². The smallest absolute Gasteiger partial charge is 0.271 e. The Morgan fingerprint density at radius 3 is 2.24 bits per heavy atom. The average Bonchev–Trinajstić information content (AvgIpc) is 2.48. The monoisotopic (exact) mass is 292 g/mol. The van der Waals surface area contributed by atoms with E-state index in [2.05, 4.69) is 19.2 Å². The maximum absolute atomic E-state index is 10.8. The van der Waals surface area contributed by atoms with Crippen LogP contribution < -0.4 is 5.32 Å². The molecule has 0 fully saturated rings. The van der Waals surface area contributed by atoms with Gasteiger partial charge in [0.05, 0.1) is 4.92 Å². The average molecular weight is 292 g/mol. The van der Waals surface area contributed by atoms with E-state index < -0.39 is 0 Å². The fourth-order valence-corrected chi connectivity index (χ4v) is 2.52. The van der Waals surface area contributed by atoms with Crippen LogP contribution in [0.1, 0.15) is 65.2 Å². The lowest BCUT2D eigenvalue weighted by Gasteiger charge is -2.20. The molecular formula is C17H28N2O2. The third kappa shape index (κ3) is 7.11. The van der Waals surface area contributed by atoms with Gasteiger partial charge in [0, 0.05) is 23.9 Å². The van der Waals surface area contributed by atoms with Crippen LogP contribution in [-0.2, 0) is 0 Å². The van der Waals surface area contributed by atoms with Crippen molar-refractivity contribution < 1.29 is 4.92 Å². The van der Waals surface area contributed by atoms with Gasteiger partial charge in [0.25, 0.3) is 5.69 Å². The van der Waals surface area contributed by atoms with Crippen LogP contribution in [0.5, 0.6) is 0 Å². The van der Waals surface area contributed by atoms with Crippen LogP contribution in [-0.4, -0.2) is 11.0 Å². The van der Waals surface area contributed by atoms with Crippen LogP contribution in [0.15, 0.2) is 24.3 Å². The van der Waals surface area contributed by atoms with Crippen molar-refractivity contribution in [1.29, 1.82) is 0 Å². The predicted molar refractivity (Wildman–Crippen MR) is 88.8 cm³/mol. The number of hydrogen-bond donors (Lipinski definition) is 1. The molecule has 0 aliphatic carbocycles. The molecule has 4 heteroatoms. The minimum Gasteiger partial charge on any atom is -0.382 e. The molecule has 1 aromatic rings. The third-order valence-electron chi connectivity index (χ3n) is 3.74. The number of nitrogens with zero attached hydrogens (tertiary/aromatic N) is 1. The Kier molecular flexibility index (Phi) is 8.48. The van der Waals surface area contributed by atoms with Crippen molar-refractivity contribution in [2.45, 2.75) is 71.3 Å². The lowest BCUT2D eigenvalue weighted by Crippen LogP contribution is -2.19. The van der Waals surface area contributed by atoms with Gasteiger partial charge in [-0.1, -0.05) is 58.4 Å². The third-order valence-corrected chi connectivity index (χ3v) is 3.74. The molecule has 0 aliphatic rings. The highest BCUT2D eigenvalue weighted by molar-refractivity contribution is 5.51. The largest absolute Gasteiger partial charge is 0.382 e. The molecule has 0 aliphatic heterocycles. The summed E-state index contributed by atoms with van der Waals surface area (Å²) in [7, 11) is 0. The number of nitro groups is 1. The zero-order valence-electron chi connectivity index (χ0n) is 13.3. The number of anilines is 1. The van der Waals surface area contributed by atoms with Crippen molar-refractivity contribution in [2.75, 3.05) is 5.32 Å². The predicted octanol–water partition coefficient (Wildman–Crippen LogP) is 5.54. The molecular weight excluding hydrogens is 264 g/mol. The highest BCUT2D eigenvalue weighted by Crippen LogP contribution is 2.21. The minimum atomic E-state index is -0.339. The first-order valence-corrected chi connectivity index (χ1v) is 8.18. The van der Waals surface area contributed by atoms with Crippen LogP contribution in [0.2, 0.25) is 0 Å². The van der Waals surface area contributed by atoms with Gasteiger partial charge in [0.15, 0.2) is 0 Å². The molecule has 0 saturated carbocycles. The topological polar surface area (TPSA) is 55.2 Å². The first-order valence-electron chi connectivity index (χ1n) is 8.18. The Balaban J connectivity index is 2.60. The Bertz CT molecular complexity index is 411. The molecule has 1 N–H and O–H groups in total. The second kappa shape index (κ2) is 10.2. The van der Waals surface area contributed by atoms with Crippen LogP contribution >= 0.6 is 0 Å². The van der Waals surface area contributed by atoms with E-state index in [1.54, 1.807) is 12.1 Å². The van der Waals surface area contributed by atoms with Crippen LogP contribution in [0.3, 0.4) is 0 Å². The van der Waals surface area contributed by atoms with Crippen molar-refractivity contribution in [3.05, 3.63) is 34.4 Å². The SMILES string of the molecule is CCCCCC(CCCCC)Nc1cccc([N+](=O)[O-])c1.